The lowest BCUT2D eigenvalue weighted by Crippen LogP contribution is -1.92. The van der Waals surface area contributed by atoms with Crippen LogP contribution in [0.4, 0.5) is 11.4 Å². The van der Waals surface area contributed by atoms with Crippen molar-refractivity contribution in [2.75, 3.05) is 0 Å². The maximum absolute atomic E-state index is 12.3. The second kappa shape index (κ2) is 11.5. The van der Waals surface area contributed by atoms with Crippen molar-refractivity contribution in [1.29, 1.82) is 0 Å². The van der Waals surface area contributed by atoms with E-state index in [1.807, 2.05) is 36.4 Å². The summed E-state index contributed by atoms with van der Waals surface area (Å²) in [6.07, 6.45) is 10.9. The predicted molar refractivity (Wildman–Crippen MR) is 109 cm³/mol. The van der Waals surface area contributed by atoms with Crippen LogP contribution >= 0.6 is 0 Å². The minimum absolute atomic E-state index is 0.578. The lowest BCUT2D eigenvalue weighted by Gasteiger charge is -2.04. The maximum atomic E-state index is 12.3. The van der Waals surface area contributed by atoms with Crippen LogP contribution in [0.25, 0.3) is 0 Å². The molecule has 0 saturated heterocycles. The molecule has 0 aliphatic carbocycles. The van der Waals surface area contributed by atoms with E-state index in [-0.39, 0.29) is 0 Å². The van der Waals surface area contributed by atoms with Gasteiger partial charge in [0.05, 0.1) is 0 Å². The molecule has 0 radical (unpaired) electrons. The Balaban J connectivity index is 1.91. The van der Waals surface area contributed by atoms with Crippen LogP contribution in [0, 0.1) is 5.21 Å². The molecule has 0 heterocycles. The summed E-state index contributed by atoms with van der Waals surface area (Å²) >= 11 is 0. The molecule has 3 heteroatoms. The summed E-state index contributed by atoms with van der Waals surface area (Å²) in [5.41, 5.74) is 3.87. The van der Waals surface area contributed by atoms with Crippen LogP contribution in [0.1, 0.15) is 69.9 Å². The molecule has 0 aliphatic heterocycles. The summed E-state index contributed by atoms with van der Waals surface area (Å²) in [4.78, 5) is 0.715. The van der Waals surface area contributed by atoms with Gasteiger partial charge in [-0.1, -0.05) is 75.1 Å². The molecule has 0 N–H and O–H groups in total. The van der Waals surface area contributed by atoms with Crippen molar-refractivity contribution >= 4 is 11.4 Å². The summed E-state index contributed by atoms with van der Waals surface area (Å²) in [6.45, 7) is 4.44. The lowest BCUT2D eigenvalue weighted by molar-refractivity contribution is -0.435. The van der Waals surface area contributed by atoms with Gasteiger partial charge in [0.2, 0.25) is 5.69 Å². The van der Waals surface area contributed by atoms with Crippen molar-refractivity contribution in [2.24, 2.45) is 5.11 Å². The van der Waals surface area contributed by atoms with Gasteiger partial charge in [-0.3, -0.25) is 0 Å². The van der Waals surface area contributed by atoms with E-state index in [0.29, 0.717) is 16.2 Å². The third-order valence-electron chi connectivity index (χ3n) is 4.69. The van der Waals surface area contributed by atoms with Crippen molar-refractivity contribution in [1.82, 2.24) is 0 Å². The number of aryl methyl sites for hydroxylation is 2. The molecule has 2 rings (SSSR count). The molecule has 0 atom stereocenters. The molecule has 2 aromatic carbocycles. The fourth-order valence-electron chi connectivity index (χ4n) is 3.02. The number of unbranched alkanes of at least 4 members (excludes halogenated alkanes) is 5. The smallest absolute Gasteiger partial charge is 0.244 e. The Morgan fingerprint density at radius 1 is 0.692 bits per heavy atom. The second-order valence-corrected chi connectivity index (χ2v) is 6.97. The minimum Gasteiger partial charge on any atom is -0.594 e. The largest absolute Gasteiger partial charge is 0.594 e. The fraction of sp³-hybridized carbons (Fsp3) is 0.478. The van der Waals surface area contributed by atoms with Crippen LogP contribution in [0.3, 0.4) is 0 Å². The zero-order valence-corrected chi connectivity index (χ0v) is 16.3. The number of rotatable bonds is 11. The average Bonchev–Trinajstić information content (AvgIpc) is 2.67. The lowest BCUT2D eigenvalue weighted by atomic mass is 10.1. The highest BCUT2D eigenvalue weighted by atomic mass is 16.5. The number of benzene rings is 2. The highest BCUT2D eigenvalue weighted by Gasteiger charge is 2.05. The zero-order valence-electron chi connectivity index (χ0n) is 16.3. The molecule has 0 fully saturated rings. The van der Waals surface area contributed by atoms with Gasteiger partial charge in [-0.25, -0.2) is 0 Å². The van der Waals surface area contributed by atoms with Gasteiger partial charge in [0.1, 0.15) is 5.69 Å². The minimum atomic E-state index is 0.578. The fourth-order valence-corrected chi connectivity index (χ4v) is 3.02. The Morgan fingerprint density at radius 2 is 1.19 bits per heavy atom. The van der Waals surface area contributed by atoms with Crippen molar-refractivity contribution in [3.05, 3.63) is 64.9 Å². The Morgan fingerprint density at radius 3 is 1.77 bits per heavy atom. The molecular formula is C23H32N2O. The van der Waals surface area contributed by atoms with Gasteiger partial charge >= 0.3 is 0 Å². The molecular weight excluding hydrogens is 320 g/mol. The molecule has 140 valence electrons. The first-order chi connectivity index (χ1) is 12.7. The second-order valence-electron chi connectivity index (χ2n) is 6.97. The number of hydrogen-bond donors (Lipinski definition) is 0. The quantitative estimate of drug-likeness (QED) is 0.179. The van der Waals surface area contributed by atoms with Gasteiger partial charge in [-0.2, -0.15) is 0 Å². The van der Waals surface area contributed by atoms with Gasteiger partial charge in [-0.15, -0.1) is 0 Å². The Hall–Kier alpha value is -2.16. The van der Waals surface area contributed by atoms with Crippen LogP contribution in [0.2, 0.25) is 0 Å². The normalized spacial score (nSPS) is 11.7. The molecule has 0 spiro atoms. The van der Waals surface area contributed by atoms with Gasteiger partial charge in [-0.05, 0) is 48.9 Å². The van der Waals surface area contributed by atoms with Crippen molar-refractivity contribution in [3.8, 4) is 0 Å². The first-order valence-electron chi connectivity index (χ1n) is 10.1. The number of azo groups is 1. The van der Waals surface area contributed by atoms with E-state index in [4.69, 9.17) is 0 Å². The summed E-state index contributed by atoms with van der Waals surface area (Å²) in [5.74, 6) is 0. The van der Waals surface area contributed by atoms with Gasteiger partial charge in [0.25, 0.3) is 0 Å². The third kappa shape index (κ3) is 6.99. The van der Waals surface area contributed by atoms with Crippen LogP contribution in [0.15, 0.2) is 53.6 Å². The molecule has 0 aromatic heterocycles. The van der Waals surface area contributed by atoms with Crippen LogP contribution in [-0.4, -0.2) is 4.86 Å². The van der Waals surface area contributed by atoms with Crippen molar-refractivity contribution in [2.45, 2.75) is 71.6 Å². The molecule has 0 aliphatic rings. The molecule has 2 aromatic rings. The molecule has 0 amide bonds. The first kappa shape index (κ1) is 20.2. The summed E-state index contributed by atoms with van der Waals surface area (Å²) in [7, 11) is 0. The van der Waals surface area contributed by atoms with E-state index >= 15 is 0 Å². The van der Waals surface area contributed by atoms with E-state index in [1.54, 1.807) is 0 Å². The Labute approximate surface area is 158 Å². The van der Waals surface area contributed by atoms with Crippen LogP contribution < -0.4 is 0 Å². The maximum Gasteiger partial charge on any atom is 0.244 e. The zero-order chi connectivity index (χ0) is 18.6. The summed E-state index contributed by atoms with van der Waals surface area (Å²) in [6, 6.07) is 15.8. The standard InChI is InChI=1S/C23H32N2O/c1-3-5-7-9-11-21-14-18-23(19-15-21)25(26)24-22-16-12-20(13-17-22)10-8-6-4-2/h12-19H,3-11H2,1-2H3. The highest BCUT2D eigenvalue weighted by molar-refractivity contribution is 5.38. The van der Waals surface area contributed by atoms with E-state index in [9.17, 15) is 5.21 Å². The van der Waals surface area contributed by atoms with Gasteiger partial charge in [0.15, 0.2) is 0 Å². The van der Waals surface area contributed by atoms with Gasteiger partial charge < -0.3 is 5.21 Å². The summed E-state index contributed by atoms with van der Waals surface area (Å²) < 4.78 is 0. The number of nitrogens with zero attached hydrogens (tertiary/aromatic N) is 2. The Kier molecular flexibility index (Phi) is 8.88. The summed E-state index contributed by atoms with van der Waals surface area (Å²) in [5, 5.41) is 16.4. The van der Waals surface area contributed by atoms with E-state index < -0.39 is 0 Å². The third-order valence-corrected chi connectivity index (χ3v) is 4.69. The molecule has 0 unspecified atom stereocenters. The van der Waals surface area contributed by atoms with Crippen molar-refractivity contribution < 1.29 is 4.86 Å². The monoisotopic (exact) mass is 352 g/mol. The van der Waals surface area contributed by atoms with Crippen LogP contribution in [-0.2, 0) is 12.8 Å². The number of hydrogen-bond acceptors (Lipinski definition) is 2. The predicted octanol–water partition coefficient (Wildman–Crippen LogP) is 7.47. The van der Waals surface area contributed by atoms with Crippen molar-refractivity contribution in [3.63, 3.8) is 0 Å². The molecule has 3 nitrogen and oxygen atoms in total. The molecule has 26 heavy (non-hydrogen) atoms. The highest BCUT2D eigenvalue weighted by Crippen LogP contribution is 2.20. The topological polar surface area (TPSA) is 38.4 Å². The first-order valence-corrected chi connectivity index (χ1v) is 10.1. The molecule has 0 saturated carbocycles. The van der Waals surface area contributed by atoms with Crippen LogP contribution in [0.5, 0.6) is 0 Å². The van der Waals surface area contributed by atoms with E-state index in [2.05, 4.69) is 31.1 Å². The van der Waals surface area contributed by atoms with Gasteiger partial charge in [0, 0.05) is 17.2 Å². The van der Waals surface area contributed by atoms with E-state index in [0.717, 1.165) is 12.8 Å². The van der Waals surface area contributed by atoms with E-state index in [1.165, 1.54) is 56.1 Å². The SMILES string of the molecule is CCCCCCc1ccc([N+]([O-])=Nc2ccc(CCCCC)cc2)cc1. The average molecular weight is 353 g/mol. The Bertz CT molecular complexity index is 660. The molecule has 0 bridgehead atoms.